The lowest BCUT2D eigenvalue weighted by Crippen LogP contribution is -2.60. The van der Waals surface area contributed by atoms with Gasteiger partial charge in [-0.25, -0.2) is 18.4 Å². The molecule has 0 radical (unpaired) electrons. The molecule has 2 N–H and O–H groups in total. The molecule has 2 aromatic rings. The summed E-state index contributed by atoms with van der Waals surface area (Å²) >= 11 is 0. The number of piperazine rings is 1. The lowest BCUT2D eigenvalue weighted by Gasteiger charge is -2.42. The average Bonchev–Trinajstić information content (AvgIpc) is 3.59. The molecule has 3 fully saturated rings. The van der Waals surface area contributed by atoms with Gasteiger partial charge in [-0.2, -0.15) is 0 Å². The Morgan fingerprint density at radius 3 is 2.26 bits per heavy atom. The minimum atomic E-state index is -1.45. The van der Waals surface area contributed by atoms with Crippen LogP contribution in [0.3, 0.4) is 0 Å². The molecule has 5 rings (SSSR count). The Bertz CT molecular complexity index is 1020. The minimum Gasteiger partial charge on any atom is -0.431 e. The van der Waals surface area contributed by atoms with Crippen molar-refractivity contribution in [3.63, 3.8) is 0 Å². The maximum Gasteiger partial charge on any atom is 0.411 e. The topological polar surface area (TPSA) is 73.9 Å². The molecule has 2 aromatic carbocycles. The van der Waals surface area contributed by atoms with Gasteiger partial charge in [0.05, 0.1) is 0 Å². The molecule has 2 heterocycles. The first kappa shape index (κ1) is 24.2. The summed E-state index contributed by atoms with van der Waals surface area (Å²) in [4.78, 5) is 28.9. The molecule has 1 saturated carbocycles. The smallest absolute Gasteiger partial charge is 0.411 e. The van der Waals surface area contributed by atoms with E-state index in [2.05, 4.69) is 10.6 Å². The third kappa shape index (κ3) is 4.54. The number of carbonyl (C=O) groups excluding carboxylic acids is 2. The highest BCUT2D eigenvalue weighted by atomic mass is 35.5. The van der Waals surface area contributed by atoms with Gasteiger partial charge in [-0.1, -0.05) is 24.3 Å². The van der Waals surface area contributed by atoms with E-state index in [0.717, 1.165) is 0 Å². The number of hydrogen-bond acceptors (Lipinski definition) is 4. The van der Waals surface area contributed by atoms with Crippen molar-refractivity contribution in [1.29, 1.82) is 0 Å². The second kappa shape index (κ2) is 9.76. The summed E-state index contributed by atoms with van der Waals surface area (Å²) < 4.78 is 34.4. The third-order valence-corrected chi connectivity index (χ3v) is 6.54. The molecule has 2 aliphatic heterocycles. The number of nitrogens with zero attached hydrogens (tertiary/aromatic N) is 2. The van der Waals surface area contributed by atoms with Crippen LogP contribution < -0.4 is 10.6 Å². The highest BCUT2D eigenvalue weighted by Crippen LogP contribution is 2.46. The minimum absolute atomic E-state index is 0. The van der Waals surface area contributed by atoms with Gasteiger partial charge in [-0.15, -0.1) is 12.4 Å². The Balaban J connectivity index is 0.00000274. The molecular weight excluding hydrogens is 466 g/mol. The van der Waals surface area contributed by atoms with E-state index in [1.54, 1.807) is 21.9 Å². The van der Waals surface area contributed by atoms with Gasteiger partial charge in [0.1, 0.15) is 17.7 Å². The Kier molecular flexibility index (Phi) is 6.95. The summed E-state index contributed by atoms with van der Waals surface area (Å²) in [5, 5.41) is 6.26. The number of amides is 3. The fourth-order valence-electron chi connectivity index (χ4n) is 4.75. The average molecular weight is 493 g/mol. The Hall–Kier alpha value is -2.91. The quantitative estimate of drug-likeness (QED) is 0.607. The van der Waals surface area contributed by atoms with Gasteiger partial charge >= 0.3 is 12.1 Å². The Labute approximate surface area is 202 Å². The van der Waals surface area contributed by atoms with Gasteiger partial charge < -0.3 is 20.3 Å². The van der Waals surface area contributed by atoms with Crippen molar-refractivity contribution in [2.45, 2.75) is 30.5 Å². The van der Waals surface area contributed by atoms with Gasteiger partial charge in [-0.3, -0.25) is 4.90 Å². The van der Waals surface area contributed by atoms with Crippen molar-refractivity contribution >= 4 is 24.5 Å². The molecule has 0 bridgehead atoms. The molecule has 1 unspecified atom stereocenters. The second-order valence-electron chi connectivity index (χ2n) is 8.74. The molecule has 2 saturated heterocycles. The van der Waals surface area contributed by atoms with Crippen LogP contribution in [-0.4, -0.2) is 66.7 Å². The fourth-order valence-corrected chi connectivity index (χ4v) is 4.75. The summed E-state index contributed by atoms with van der Waals surface area (Å²) in [6.07, 6.45) is 1.78. The summed E-state index contributed by atoms with van der Waals surface area (Å²) in [5.74, 6) is -0.988. The van der Waals surface area contributed by atoms with Crippen molar-refractivity contribution in [3.05, 3.63) is 71.3 Å². The second-order valence-corrected chi connectivity index (χ2v) is 8.74. The van der Waals surface area contributed by atoms with Crippen LogP contribution in [0.2, 0.25) is 0 Å². The molecule has 1 aliphatic carbocycles. The predicted octanol–water partition coefficient (Wildman–Crippen LogP) is 3.23. The van der Waals surface area contributed by atoms with Crippen molar-refractivity contribution < 1.29 is 23.1 Å². The van der Waals surface area contributed by atoms with Crippen molar-refractivity contribution in [2.24, 2.45) is 0 Å². The number of urea groups is 1. The highest BCUT2D eigenvalue weighted by molar-refractivity contribution is 5.85. The maximum absolute atomic E-state index is 14.2. The summed E-state index contributed by atoms with van der Waals surface area (Å²) in [5.41, 5.74) is -0.664. The van der Waals surface area contributed by atoms with E-state index in [4.69, 9.17) is 4.74 Å². The number of halogens is 3. The first-order valence-corrected chi connectivity index (χ1v) is 11.3. The summed E-state index contributed by atoms with van der Waals surface area (Å²) in [6, 6.07) is 11.3. The first-order chi connectivity index (χ1) is 16.0. The summed E-state index contributed by atoms with van der Waals surface area (Å²) in [6.45, 7) is 1.96. The molecule has 7 nitrogen and oxygen atoms in total. The van der Waals surface area contributed by atoms with E-state index in [9.17, 15) is 18.4 Å². The van der Waals surface area contributed by atoms with Crippen LogP contribution in [0.4, 0.5) is 18.4 Å². The molecule has 0 aromatic heterocycles. The maximum atomic E-state index is 14.2. The van der Waals surface area contributed by atoms with Crippen LogP contribution in [0.15, 0.2) is 48.5 Å². The highest BCUT2D eigenvalue weighted by Gasteiger charge is 2.58. The molecule has 10 heteroatoms. The van der Waals surface area contributed by atoms with Crippen LogP contribution in [0.1, 0.15) is 24.0 Å². The molecule has 34 heavy (non-hydrogen) atoms. The Morgan fingerprint density at radius 1 is 1.03 bits per heavy atom. The number of benzene rings is 2. The molecule has 3 aliphatic rings. The monoisotopic (exact) mass is 492 g/mol. The van der Waals surface area contributed by atoms with Gasteiger partial charge in [0.2, 0.25) is 0 Å². The van der Waals surface area contributed by atoms with Crippen molar-refractivity contribution in [2.75, 3.05) is 32.7 Å². The van der Waals surface area contributed by atoms with Crippen LogP contribution >= 0.6 is 12.4 Å². The predicted molar refractivity (Wildman–Crippen MR) is 124 cm³/mol. The van der Waals surface area contributed by atoms with Gasteiger partial charge in [0, 0.05) is 49.9 Å². The zero-order valence-electron chi connectivity index (χ0n) is 18.5. The van der Waals surface area contributed by atoms with Crippen LogP contribution in [-0.2, 0) is 10.3 Å². The van der Waals surface area contributed by atoms with Crippen LogP contribution in [0, 0.1) is 11.6 Å². The Morgan fingerprint density at radius 2 is 1.68 bits per heavy atom. The number of carbonyl (C=O) groups is 2. The lowest BCUT2D eigenvalue weighted by atomic mass is 9.79. The largest absolute Gasteiger partial charge is 0.431 e. The van der Waals surface area contributed by atoms with E-state index < -0.39 is 29.4 Å². The number of cyclic esters (lactones) is 1. The number of rotatable bonds is 6. The number of nitrogens with one attached hydrogen (secondary N) is 2. The normalized spacial score (nSPS) is 20.9. The standard InChI is InChI=1S/C24H26F2N4O3.ClH/c25-18-5-1-3-16(13-18)24(17-4-2-6-19(26)14-17)21-15-29(11-12-30(21)23(32)33-24)22(31)28-10-9-27-20-7-8-20;/h1-6,13-14,20-21,27H,7-12,15H2,(H,28,31);1H. The van der Waals surface area contributed by atoms with Gasteiger partial charge in [0.25, 0.3) is 0 Å². The molecular formula is C24H27ClF2N4O3. The van der Waals surface area contributed by atoms with E-state index in [0.29, 0.717) is 36.8 Å². The van der Waals surface area contributed by atoms with Crippen LogP contribution in [0.5, 0.6) is 0 Å². The van der Waals surface area contributed by atoms with E-state index in [1.807, 2.05) is 0 Å². The zero-order valence-corrected chi connectivity index (χ0v) is 19.3. The van der Waals surface area contributed by atoms with Gasteiger partial charge in [0.15, 0.2) is 5.60 Å². The number of ether oxygens (including phenoxy) is 1. The molecule has 0 spiro atoms. The van der Waals surface area contributed by atoms with Crippen molar-refractivity contribution in [3.8, 4) is 0 Å². The van der Waals surface area contributed by atoms with E-state index >= 15 is 0 Å². The van der Waals surface area contributed by atoms with E-state index in [1.165, 1.54) is 49.2 Å². The SMILES string of the molecule is Cl.O=C(NCCNC1CC1)N1CCN2C(=O)OC(c3cccc(F)c3)(c3cccc(F)c3)C2C1. The van der Waals surface area contributed by atoms with Crippen molar-refractivity contribution in [1.82, 2.24) is 20.4 Å². The molecule has 1 atom stereocenters. The molecule has 3 amide bonds. The fraction of sp³-hybridized carbons (Fsp3) is 0.417. The zero-order chi connectivity index (χ0) is 23.0. The number of hydrogen-bond donors (Lipinski definition) is 2. The third-order valence-electron chi connectivity index (χ3n) is 6.54. The number of fused-ring (bicyclic) bond motifs is 1. The first-order valence-electron chi connectivity index (χ1n) is 11.3. The molecule has 182 valence electrons. The van der Waals surface area contributed by atoms with E-state index in [-0.39, 0.29) is 31.5 Å². The van der Waals surface area contributed by atoms with Crippen LogP contribution in [0.25, 0.3) is 0 Å². The summed E-state index contributed by atoms with van der Waals surface area (Å²) in [7, 11) is 0. The lowest BCUT2D eigenvalue weighted by molar-refractivity contribution is 0.0507. The van der Waals surface area contributed by atoms with Gasteiger partial charge in [-0.05, 0) is 37.1 Å².